The Labute approximate surface area is 351 Å². The van der Waals surface area contributed by atoms with Gasteiger partial charge in [0, 0.05) is 42.6 Å². The van der Waals surface area contributed by atoms with Gasteiger partial charge in [-0.3, -0.25) is 9.55 Å². The number of para-hydroxylation sites is 3. The molecule has 57 heavy (non-hydrogen) atoms. The van der Waals surface area contributed by atoms with Gasteiger partial charge in [-0.2, -0.15) is 0 Å². The average molecular weight is 919 g/mol. The summed E-state index contributed by atoms with van der Waals surface area (Å²) in [6, 6.07) is 58.1. The van der Waals surface area contributed by atoms with Crippen LogP contribution in [0.2, 0.25) is 0 Å². The number of aryl methyl sites for hydroxylation is 1. The fourth-order valence-electron chi connectivity index (χ4n) is 8.52. The molecule has 1 aliphatic rings. The number of benzene rings is 7. The number of hydrogen-bond donors (Lipinski definition) is 1. The first kappa shape index (κ1) is 32.8. The Balaban J connectivity index is 0.00000462. The Kier molecular flexibility index (Phi) is 8.24. The number of hydrogen-bond acceptors (Lipinski definition) is 3. The standard InChI is InChI=1S/C52H38N3O.Pt/c1-33-24-26-34(27-25-33)36-28-29-53-45(32-36)37-30-42-39-17-7-10-20-44(39)52(2,3)49(42)43(31-37)40-19-13-22-47-50(40)54-51(41-18-9-12-23-48(41)56)55(47)46-21-11-8-16-38(46)35-14-5-4-6-15-35;/h4-30,32,56H,1-3H3;/q-1;/i1D3;. The quantitative estimate of drug-likeness (QED) is 0.169. The van der Waals surface area contributed by atoms with Crippen molar-refractivity contribution in [3.05, 3.63) is 193 Å². The van der Waals surface area contributed by atoms with E-state index in [0.717, 1.165) is 72.5 Å². The van der Waals surface area contributed by atoms with Crippen molar-refractivity contribution in [2.45, 2.75) is 26.1 Å². The second-order valence-electron chi connectivity index (χ2n) is 14.9. The number of pyridine rings is 1. The Morgan fingerprint density at radius 1 is 0.632 bits per heavy atom. The molecule has 0 atom stereocenters. The topological polar surface area (TPSA) is 50.9 Å². The number of imidazole rings is 1. The minimum atomic E-state index is -2.17. The number of aromatic hydroxyl groups is 1. The molecular formula is C52H38N3OPt-. The summed E-state index contributed by atoms with van der Waals surface area (Å²) in [5.74, 6) is 0.774. The second kappa shape index (κ2) is 14.3. The number of aromatic nitrogens is 3. The Morgan fingerprint density at radius 3 is 2.12 bits per heavy atom. The van der Waals surface area contributed by atoms with Gasteiger partial charge in [-0.15, -0.1) is 17.7 Å². The summed E-state index contributed by atoms with van der Waals surface area (Å²) < 4.78 is 25.7. The van der Waals surface area contributed by atoms with Crippen LogP contribution in [0.5, 0.6) is 5.75 Å². The molecule has 2 aromatic heterocycles. The molecule has 0 radical (unpaired) electrons. The summed E-state index contributed by atoms with van der Waals surface area (Å²) in [5, 5.41) is 11.4. The van der Waals surface area contributed by atoms with E-state index in [-0.39, 0.29) is 32.2 Å². The van der Waals surface area contributed by atoms with Crippen molar-refractivity contribution in [2.75, 3.05) is 0 Å². The zero-order valence-electron chi connectivity index (χ0n) is 34.3. The summed E-state index contributed by atoms with van der Waals surface area (Å²) in [6.45, 7) is 2.38. The molecule has 0 saturated heterocycles. The number of phenolic OH excluding ortho intramolecular Hbond substituents is 1. The monoisotopic (exact) mass is 918 g/mol. The van der Waals surface area contributed by atoms with Crippen molar-refractivity contribution in [1.82, 2.24) is 14.5 Å². The molecule has 1 N–H and O–H groups in total. The molecule has 10 rings (SSSR count). The zero-order chi connectivity index (χ0) is 40.5. The second-order valence-corrected chi connectivity index (χ2v) is 14.9. The maximum atomic E-state index is 11.4. The van der Waals surface area contributed by atoms with Crippen molar-refractivity contribution in [3.63, 3.8) is 0 Å². The van der Waals surface area contributed by atoms with Gasteiger partial charge in [-0.05, 0) is 70.4 Å². The van der Waals surface area contributed by atoms with Crippen LogP contribution in [-0.2, 0) is 26.5 Å². The molecule has 0 unspecified atom stereocenters. The molecule has 9 aromatic rings. The van der Waals surface area contributed by atoms with E-state index in [1.807, 2.05) is 66.7 Å². The largest absolute Gasteiger partial charge is 0.507 e. The van der Waals surface area contributed by atoms with Gasteiger partial charge in [-0.1, -0.05) is 169 Å². The summed E-state index contributed by atoms with van der Waals surface area (Å²) in [7, 11) is 0. The fraction of sp³-hybridized carbons (Fsp3) is 0.0769. The van der Waals surface area contributed by atoms with Crippen molar-refractivity contribution in [3.8, 4) is 78.6 Å². The van der Waals surface area contributed by atoms with Crippen LogP contribution in [0.1, 0.15) is 34.7 Å². The van der Waals surface area contributed by atoms with Crippen molar-refractivity contribution >= 4 is 11.0 Å². The first-order chi connectivity index (χ1) is 28.6. The van der Waals surface area contributed by atoms with E-state index in [1.165, 1.54) is 11.1 Å². The zero-order valence-corrected chi connectivity index (χ0v) is 33.5. The number of phenols is 1. The first-order valence-corrected chi connectivity index (χ1v) is 18.8. The third kappa shape index (κ3) is 6.04. The molecule has 0 bridgehead atoms. The van der Waals surface area contributed by atoms with E-state index < -0.39 is 6.85 Å². The Bertz CT molecular complexity index is 3080. The Morgan fingerprint density at radius 2 is 1.33 bits per heavy atom. The molecule has 5 heteroatoms. The number of nitrogens with zero attached hydrogens (tertiary/aromatic N) is 3. The van der Waals surface area contributed by atoms with Gasteiger partial charge in [-0.25, -0.2) is 4.98 Å². The molecule has 0 fully saturated rings. The van der Waals surface area contributed by atoms with Gasteiger partial charge in [0.15, 0.2) is 0 Å². The van der Waals surface area contributed by atoms with Crippen LogP contribution in [0.25, 0.3) is 83.9 Å². The van der Waals surface area contributed by atoms with E-state index in [0.29, 0.717) is 17.0 Å². The third-order valence-corrected chi connectivity index (χ3v) is 11.2. The normalized spacial score (nSPS) is 13.5. The van der Waals surface area contributed by atoms with Crippen molar-refractivity contribution in [1.29, 1.82) is 0 Å². The molecule has 0 spiro atoms. The van der Waals surface area contributed by atoms with Crippen LogP contribution in [-0.4, -0.2) is 19.6 Å². The van der Waals surface area contributed by atoms with Crippen LogP contribution < -0.4 is 0 Å². The minimum absolute atomic E-state index is 0. The average Bonchev–Trinajstić information content (AvgIpc) is 3.76. The van der Waals surface area contributed by atoms with Crippen LogP contribution in [0.4, 0.5) is 0 Å². The van der Waals surface area contributed by atoms with Gasteiger partial charge in [0.25, 0.3) is 0 Å². The third-order valence-electron chi connectivity index (χ3n) is 11.2. The molecule has 2 heterocycles. The summed E-state index contributed by atoms with van der Waals surface area (Å²) in [4.78, 5) is 10.3. The van der Waals surface area contributed by atoms with Gasteiger partial charge >= 0.3 is 0 Å². The van der Waals surface area contributed by atoms with Gasteiger partial charge < -0.3 is 5.11 Å². The molecule has 4 nitrogen and oxygen atoms in total. The van der Waals surface area contributed by atoms with Crippen LogP contribution in [0.15, 0.2) is 170 Å². The first-order valence-electron chi connectivity index (χ1n) is 20.3. The summed E-state index contributed by atoms with van der Waals surface area (Å²) in [5.41, 5.74) is 15.3. The van der Waals surface area contributed by atoms with E-state index in [2.05, 4.69) is 103 Å². The van der Waals surface area contributed by atoms with Gasteiger partial charge in [0.2, 0.25) is 0 Å². The molecule has 0 saturated carbocycles. The predicted molar refractivity (Wildman–Crippen MR) is 229 cm³/mol. The van der Waals surface area contributed by atoms with Gasteiger partial charge in [0.05, 0.1) is 22.3 Å². The molecule has 0 amide bonds. The fourth-order valence-corrected chi connectivity index (χ4v) is 8.52. The van der Waals surface area contributed by atoms with Gasteiger partial charge in [0.1, 0.15) is 11.6 Å². The molecule has 7 aromatic carbocycles. The van der Waals surface area contributed by atoms with Crippen molar-refractivity contribution < 1.29 is 30.3 Å². The molecule has 0 aliphatic heterocycles. The predicted octanol–water partition coefficient (Wildman–Crippen LogP) is 12.9. The van der Waals surface area contributed by atoms with Crippen LogP contribution >= 0.6 is 0 Å². The van der Waals surface area contributed by atoms with E-state index in [1.54, 1.807) is 24.4 Å². The molecule has 278 valence electrons. The van der Waals surface area contributed by atoms with Crippen LogP contribution in [0, 0.1) is 12.9 Å². The van der Waals surface area contributed by atoms with E-state index >= 15 is 0 Å². The maximum absolute atomic E-state index is 11.4. The Hall–Kier alpha value is -6.35. The number of fused-ring (bicyclic) bond motifs is 4. The molecule has 1 aliphatic carbocycles. The van der Waals surface area contributed by atoms with E-state index in [9.17, 15) is 5.11 Å². The molecular weight excluding hydrogens is 878 g/mol. The SMILES string of the molecule is [2H]C([2H])([2H])c1ccc(-c2ccnc(-c3[c-]c(-c4cccc5c4nc(-c4ccccc4O)n5-c4ccccc4-c4ccccc4)c4c(c3)-c3ccccc3C4(C)C)c2)cc1.[Pt]. The minimum Gasteiger partial charge on any atom is -0.507 e. The number of rotatable bonds is 6. The summed E-state index contributed by atoms with van der Waals surface area (Å²) >= 11 is 0. The van der Waals surface area contributed by atoms with Crippen LogP contribution in [0.3, 0.4) is 0 Å². The maximum Gasteiger partial charge on any atom is 0.148 e. The van der Waals surface area contributed by atoms with E-state index in [4.69, 9.17) is 14.1 Å². The smallest absolute Gasteiger partial charge is 0.148 e. The van der Waals surface area contributed by atoms with Crippen molar-refractivity contribution in [2.24, 2.45) is 0 Å². The summed E-state index contributed by atoms with van der Waals surface area (Å²) in [6.07, 6.45) is 1.80.